The van der Waals surface area contributed by atoms with Gasteiger partial charge in [-0.1, -0.05) is 47.8 Å². The number of rotatable bonds is 10. The minimum Gasteiger partial charge on any atom is -0.352 e. The van der Waals surface area contributed by atoms with Crippen molar-refractivity contribution in [3.05, 3.63) is 63.1 Å². The van der Waals surface area contributed by atoms with Crippen LogP contribution in [0.1, 0.15) is 32.8 Å². The molecule has 0 aromatic heterocycles. The molecule has 0 aliphatic rings. The zero-order valence-electron chi connectivity index (χ0n) is 19.4. The summed E-state index contributed by atoms with van der Waals surface area (Å²) in [6, 6.07) is 9.95. The first-order valence-corrected chi connectivity index (χ1v) is 13.6. The number of nitrogens with zero attached hydrogens (tertiary/aromatic N) is 2. The van der Waals surface area contributed by atoms with Crippen LogP contribution in [0.3, 0.4) is 0 Å². The molecule has 34 heavy (non-hydrogen) atoms. The van der Waals surface area contributed by atoms with Gasteiger partial charge in [-0.05, 0) is 62.2 Å². The lowest BCUT2D eigenvalue weighted by molar-refractivity contribution is -0.139. The van der Waals surface area contributed by atoms with E-state index in [1.165, 1.54) is 29.2 Å². The van der Waals surface area contributed by atoms with E-state index in [1.54, 1.807) is 25.1 Å². The molecule has 0 unspecified atom stereocenters. The second-order valence-electron chi connectivity index (χ2n) is 8.00. The monoisotopic (exact) mass is 547 g/mol. The van der Waals surface area contributed by atoms with E-state index in [4.69, 9.17) is 34.8 Å². The van der Waals surface area contributed by atoms with Crippen molar-refractivity contribution in [3.63, 3.8) is 0 Å². The number of carbonyl (C=O) groups excluding carboxylic acids is 2. The minimum atomic E-state index is -3.82. The Balaban J connectivity index is 2.41. The summed E-state index contributed by atoms with van der Waals surface area (Å²) < 4.78 is 26.0. The molecule has 0 spiro atoms. The third-order valence-electron chi connectivity index (χ3n) is 5.32. The van der Waals surface area contributed by atoms with Gasteiger partial charge in [0.1, 0.15) is 12.6 Å². The largest absolute Gasteiger partial charge is 0.352 e. The van der Waals surface area contributed by atoms with Gasteiger partial charge in [0.05, 0.1) is 11.9 Å². The van der Waals surface area contributed by atoms with E-state index in [0.717, 1.165) is 10.6 Å². The second kappa shape index (κ2) is 12.1. The van der Waals surface area contributed by atoms with Gasteiger partial charge in [0.2, 0.25) is 21.8 Å². The Morgan fingerprint density at radius 3 is 2.12 bits per heavy atom. The molecule has 0 heterocycles. The number of carbonyl (C=O) groups is 2. The molecular weight excluding hydrogens is 521 g/mol. The van der Waals surface area contributed by atoms with Gasteiger partial charge in [0, 0.05) is 27.7 Å². The van der Waals surface area contributed by atoms with Crippen LogP contribution in [-0.2, 0) is 26.2 Å². The van der Waals surface area contributed by atoms with E-state index < -0.39 is 28.5 Å². The van der Waals surface area contributed by atoms with Gasteiger partial charge in [0.15, 0.2) is 0 Å². The summed E-state index contributed by atoms with van der Waals surface area (Å²) >= 11 is 18.2. The molecule has 2 rings (SSSR count). The predicted octanol–water partition coefficient (Wildman–Crippen LogP) is 4.74. The van der Waals surface area contributed by atoms with Crippen LogP contribution in [0.15, 0.2) is 42.5 Å². The Labute approximate surface area is 216 Å². The summed E-state index contributed by atoms with van der Waals surface area (Å²) in [6.45, 7) is 4.86. The molecule has 186 valence electrons. The van der Waals surface area contributed by atoms with Crippen molar-refractivity contribution in [1.82, 2.24) is 10.2 Å². The summed E-state index contributed by atoms with van der Waals surface area (Å²) in [4.78, 5) is 27.6. The first kappa shape index (κ1) is 28.2. The highest BCUT2D eigenvalue weighted by molar-refractivity contribution is 7.92. The summed E-state index contributed by atoms with van der Waals surface area (Å²) in [5.74, 6) is -0.927. The summed E-state index contributed by atoms with van der Waals surface area (Å²) in [7, 11) is -3.82. The van der Waals surface area contributed by atoms with Crippen LogP contribution >= 0.6 is 34.8 Å². The van der Waals surface area contributed by atoms with Gasteiger partial charge in [-0.3, -0.25) is 13.9 Å². The first-order valence-electron chi connectivity index (χ1n) is 10.6. The number of anilines is 1. The molecule has 0 bridgehead atoms. The fourth-order valence-corrected chi connectivity index (χ4v) is 4.55. The zero-order chi connectivity index (χ0) is 25.6. The summed E-state index contributed by atoms with van der Waals surface area (Å²) in [5, 5.41) is 4.05. The topological polar surface area (TPSA) is 86.8 Å². The maximum atomic E-state index is 13.5. The van der Waals surface area contributed by atoms with E-state index in [-0.39, 0.29) is 24.2 Å². The van der Waals surface area contributed by atoms with Crippen LogP contribution in [0.2, 0.25) is 15.1 Å². The molecule has 0 aliphatic heterocycles. The van der Waals surface area contributed by atoms with E-state index in [9.17, 15) is 18.0 Å². The van der Waals surface area contributed by atoms with Crippen molar-refractivity contribution >= 4 is 62.3 Å². The van der Waals surface area contributed by atoms with E-state index in [2.05, 4.69) is 5.32 Å². The minimum absolute atomic E-state index is 0.0118. The highest BCUT2D eigenvalue weighted by Crippen LogP contribution is 2.25. The molecule has 1 N–H and O–H groups in total. The fraction of sp³-hybridized carbons (Fsp3) is 0.391. The molecule has 11 heteroatoms. The van der Waals surface area contributed by atoms with Crippen molar-refractivity contribution in [2.45, 2.75) is 45.8 Å². The van der Waals surface area contributed by atoms with Crippen LogP contribution in [-0.4, -0.2) is 50.0 Å². The molecule has 0 fully saturated rings. The highest BCUT2D eigenvalue weighted by atomic mass is 35.5. The Morgan fingerprint density at radius 2 is 1.59 bits per heavy atom. The van der Waals surface area contributed by atoms with Gasteiger partial charge in [-0.25, -0.2) is 8.42 Å². The lowest BCUT2D eigenvalue weighted by Crippen LogP contribution is -2.52. The number of hydrogen-bond donors (Lipinski definition) is 1. The molecule has 0 saturated heterocycles. The molecule has 0 saturated carbocycles. The van der Waals surface area contributed by atoms with E-state index in [1.807, 2.05) is 13.8 Å². The van der Waals surface area contributed by atoms with Gasteiger partial charge in [-0.2, -0.15) is 0 Å². The molecular formula is C23H28Cl3N3O4S. The maximum Gasteiger partial charge on any atom is 0.244 e. The zero-order valence-corrected chi connectivity index (χ0v) is 22.5. The first-order chi connectivity index (χ1) is 15.8. The Morgan fingerprint density at radius 1 is 1.00 bits per heavy atom. The van der Waals surface area contributed by atoms with Crippen molar-refractivity contribution < 1.29 is 18.0 Å². The average molecular weight is 549 g/mol. The van der Waals surface area contributed by atoms with Crippen LogP contribution in [0.5, 0.6) is 0 Å². The van der Waals surface area contributed by atoms with Crippen molar-refractivity contribution in [3.8, 4) is 0 Å². The number of hydrogen-bond acceptors (Lipinski definition) is 4. The quantitative estimate of drug-likeness (QED) is 0.464. The van der Waals surface area contributed by atoms with Crippen LogP contribution in [0, 0.1) is 0 Å². The van der Waals surface area contributed by atoms with Crippen LogP contribution < -0.4 is 9.62 Å². The third kappa shape index (κ3) is 7.77. The maximum absolute atomic E-state index is 13.5. The Kier molecular flexibility index (Phi) is 10.1. The molecule has 2 aromatic carbocycles. The van der Waals surface area contributed by atoms with Gasteiger partial charge in [0.25, 0.3) is 0 Å². The molecule has 0 aliphatic carbocycles. The van der Waals surface area contributed by atoms with Crippen molar-refractivity contribution in [2.24, 2.45) is 0 Å². The van der Waals surface area contributed by atoms with Crippen LogP contribution in [0.4, 0.5) is 5.69 Å². The number of halogens is 3. The average Bonchev–Trinajstić information content (AvgIpc) is 2.76. The molecule has 2 atom stereocenters. The predicted molar refractivity (Wildman–Crippen MR) is 138 cm³/mol. The van der Waals surface area contributed by atoms with E-state index >= 15 is 0 Å². The smallest absolute Gasteiger partial charge is 0.244 e. The number of amides is 2. The lowest BCUT2D eigenvalue weighted by Gasteiger charge is -2.32. The molecule has 7 nitrogen and oxygen atoms in total. The molecule has 2 aromatic rings. The number of benzene rings is 2. The summed E-state index contributed by atoms with van der Waals surface area (Å²) in [5.41, 5.74) is 0.849. The number of sulfonamides is 1. The van der Waals surface area contributed by atoms with E-state index in [0.29, 0.717) is 27.1 Å². The van der Waals surface area contributed by atoms with Gasteiger partial charge < -0.3 is 10.2 Å². The molecule has 2 amide bonds. The summed E-state index contributed by atoms with van der Waals surface area (Å²) in [6.07, 6.45) is 1.72. The SMILES string of the molecule is CC[C@H](C)NC(=O)[C@H](C)N(Cc1ccc(Cl)cc1Cl)C(=O)CN(c1ccc(Cl)cc1)S(C)(=O)=O. The fourth-order valence-electron chi connectivity index (χ4n) is 3.10. The van der Waals surface area contributed by atoms with Crippen molar-refractivity contribution in [2.75, 3.05) is 17.1 Å². The lowest BCUT2D eigenvalue weighted by atomic mass is 10.1. The normalized spacial score (nSPS) is 13.1. The Hall–Kier alpha value is -2.00. The standard InChI is InChI=1S/C23H28Cl3N3O4S/c1-5-15(2)27-23(31)16(3)28(13-17-6-7-19(25)12-21(17)26)22(30)14-29(34(4,32)33)20-10-8-18(24)9-11-20/h6-12,15-16H,5,13-14H2,1-4H3,(H,27,31)/t15-,16-/m0/s1. The van der Waals surface area contributed by atoms with Crippen LogP contribution in [0.25, 0.3) is 0 Å². The molecule has 0 radical (unpaired) electrons. The Bertz CT molecular complexity index is 1130. The highest BCUT2D eigenvalue weighted by Gasteiger charge is 2.30. The van der Waals surface area contributed by atoms with Crippen molar-refractivity contribution in [1.29, 1.82) is 0 Å². The number of nitrogens with one attached hydrogen (secondary N) is 1. The van der Waals surface area contributed by atoms with Gasteiger partial charge in [-0.15, -0.1) is 0 Å². The third-order valence-corrected chi connectivity index (χ3v) is 7.30. The second-order valence-corrected chi connectivity index (χ2v) is 11.2. The van der Waals surface area contributed by atoms with Gasteiger partial charge >= 0.3 is 0 Å².